The number of alkyl halides is 2. The van der Waals surface area contributed by atoms with Crippen LogP contribution in [0.1, 0.15) is 68.7 Å². The van der Waals surface area contributed by atoms with Crippen molar-refractivity contribution >= 4 is 5.91 Å². The minimum Gasteiger partial charge on any atom is -0.471 e. The van der Waals surface area contributed by atoms with E-state index >= 15 is 0 Å². The highest BCUT2D eigenvalue weighted by atomic mass is 19.3. The van der Waals surface area contributed by atoms with Gasteiger partial charge in [0.2, 0.25) is 5.88 Å². The summed E-state index contributed by atoms with van der Waals surface area (Å²) in [6.07, 6.45) is 1.03. The lowest BCUT2D eigenvalue weighted by atomic mass is 9.98. The number of aliphatic hydroxyl groups is 1. The Labute approximate surface area is 174 Å². The highest BCUT2D eigenvalue weighted by Crippen LogP contribution is 2.28. The van der Waals surface area contributed by atoms with E-state index in [0.717, 1.165) is 12.8 Å². The Morgan fingerprint density at radius 3 is 2.73 bits per heavy atom. The van der Waals surface area contributed by atoms with Crippen LogP contribution < -0.4 is 4.74 Å². The van der Waals surface area contributed by atoms with Gasteiger partial charge in [-0.25, -0.2) is 13.8 Å². The van der Waals surface area contributed by atoms with E-state index in [4.69, 9.17) is 4.74 Å². The normalized spacial score (nSPS) is 19.8. The van der Waals surface area contributed by atoms with Crippen molar-refractivity contribution in [1.82, 2.24) is 24.9 Å². The Morgan fingerprint density at radius 2 is 2.10 bits per heavy atom. The van der Waals surface area contributed by atoms with Gasteiger partial charge in [0.25, 0.3) is 12.3 Å². The highest BCUT2D eigenvalue weighted by Gasteiger charge is 2.33. The van der Waals surface area contributed by atoms with E-state index in [1.54, 1.807) is 17.9 Å². The van der Waals surface area contributed by atoms with Crippen LogP contribution in [0.25, 0.3) is 0 Å². The number of nitrogens with zero attached hydrogens (tertiary/aromatic N) is 5. The van der Waals surface area contributed by atoms with Crippen LogP contribution in [0.15, 0.2) is 24.5 Å². The summed E-state index contributed by atoms with van der Waals surface area (Å²) in [6, 6.07) is 2.90. The molecule has 1 amide bonds. The minimum absolute atomic E-state index is 0.0429. The Kier molecular flexibility index (Phi) is 8.64. The first-order chi connectivity index (χ1) is 14.4. The Balaban J connectivity index is 0.00000155. The first-order valence-electron chi connectivity index (χ1n) is 10.1. The zero-order chi connectivity index (χ0) is 22.3. The molecule has 0 saturated carbocycles. The number of aromatic nitrogens is 4. The van der Waals surface area contributed by atoms with Crippen LogP contribution in [0, 0.1) is 0 Å². The number of ether oxygens (including phenoxy) is 1. The number of pyridine rings is 1. The van der Waals surface area contributed by atoms with Crippen LogP contribution >= 0.6 is 0 Å². The maximum absolute atomic E-state index is 13.1. The quantitative estimate of drug-likeness (QED) is 0.764. The lowest BCUT2D eigenvalue weighted by Gasteiger charge is -2.37. The molecule has 2 aromatic rings. The third-order valence-electron chi connectivity index (χ3n) is 4.75. The van der Waals surface area contributed by atoms with E-state index in [1.165, 1.54) is 23.3 Å². The molecule has 2 aromatic heterocycles. The van der Waals surface area contributed by atoms with Gasteiger partial charge in [-0.2, -0.15) is 15.0 Å². The topological polar surface area (TPSA) is 93.4 Å². The standard InChI is InChI=1S/C18H23F2N5O3.C2H6/c1-11-5-6-13(25-22-8-15(23-25)12(2)26)9-24(11)18(27)14-4-3-7-21-17(14)28-10-16(19)20;1-2/h3-4,7-8,11-13,16,26H,5-6,9-10H2,1-2H3;1-2H3/t11-,12?,13?;/m1./s1. The lowest BCUT2D eigenvalue weighted by molar-refractivity contribution is 0.0526. The van der Waals surface area contributed by atoms with Crippen molar-refractivity contribution in [1.29, 1.82) is 0 Å². The van der Waals surface area contributed by atoms with Crippen molar-refractivity contribution in [2.75, 3.05) is 13.2 Å². The minimum atomic E-state index is -2.66. The first kappa shape index (κ1) is 23.7. The summed E-state index contributed by atoms with van der Waals surface area (Å²) < 4.78 is 30.0. The average molecular weight is 425 g/mol. The number of hydrogen-bond acceptors (Lipinski definition) is 6. The molecule has 0 bridgehead atoms. The van der Waals surface area contributed by atoms with E-state index in [9.17, 15) is 18.7 Å². The number of aliphatic hydroxyl groups excluding tert-OH is 1. The smallest absolute Gasteiger partial charge is 0.272 e. The summed E-state index contributed by atoms with van der Waals surface area (Å²) in [7, 11) is 0. The molecule has 0 spiro atoms. The van der Waals surface area contributed by atoms with Crippen molar-refractivity contribution < 1.29 is 23.4 Å². The maximum atomic E-state index is 13.1. The third kappa shape index (κ3) is 5.71. The van der Waals surface area contributed by atoms with E-state index in [1.807, 2.05) is 20.8 Å². The highest BCUT2D eigenvalue weighted by molar-refractivity contribution is 5.96. The van der Waals surface area contributed by atoms with Crippen LogP contribution in [-0.4, -0.2) is 61.5 Å². The van der Waals surface area contributed by atoms with Crippen LogP contribution in [0.2, 0.25) is 0 Å². The van der Waals surface area contributed by atoms with Gasteiger partial charge in [0.15, 0.2) is 6.61 Å². The number of piperidine rings is 1. The number of halogens is 2. The van der Waals surface area contributed by atoms with Gasteiger partial charge in [0.1, 0.15) is 11.3 Å². The SMILES string of the molecule is CC.CC(O)c1cnn(C2CC[C@@H](C)N(C(=O)c3cccnc3OCC(F)F)C2)n1. The lowest BCUT2D eigenvalue weighted by Crippen LogP contribution is -2.46. The predicted molar refractivity (Wildman–Crippen MR) is 107 cm³/mol. The number of rotatable bonds is 6. The van der Waals surface area contributed by atoms with Crippen molar-refractivity contribution in [3.8, 4) is 5.88 Å². The Bertz CT molecular complexity index is 815. The van der Waals surface area contributed by atoms with E-state index < -0.39 is 19.1 Å². The molecule has 1 aliphatic heterocycles. The van der Waals surface area contributed by atoms with Gasteiger partial charge in [-0.05, 0) is 38.8 Å². The molecule has 8 nitrogen and oxygen atoms in total. The first-order valence-corrected chi connectivity index (χ1v) is 10.1. The fourth-order valence-corrected chi connectivity index (χ4v) is 3.18. The molecule has 30 heavy (non-hydrogen) atoms. The summed E-state index contributed by atoms with van der Waals surface area (Å²) in [5, 5.41) is 18.1. The molecule has 2 unspecified atom stereocenters. The van der Waals surface area contributed by atoms with Gasteiger partial charge < -0.3 is 14.7 Å². The van der Waals surface area contributed by atoms with E-state index in [0.29, 0.717) is 12.2 Å². The number of amides is 1. The number of carbonyl (C=O) groups is 1. The Hall–Kier alpha value is -2.62. The molecule has 1 aliphatic rings. The molecule has 1 N–H and O–H groups in total. The number of likely N-dealkylation sites (tertiary alicyclic amines) is 1. The molecule has 10 heteroatoms. The molecule has 1 fully saturated rings. The molecule has 3 atom stereocenters. The fraction of sp³-hybridized carbons (Fsp3) is 0.600. The summed E-state index contributed by atoms with van der Waals surface area (Å²) in [5.41, 5.74) is 0.611. The molecule has 0 aromatic carbocycles. The van der Waals surface area contributed by atoms with Gasteiger partial charge in [0.05, 0.1) is 18.3 Å². The molecule has 1 saturated heterocycles. The summed E-state index contributed by atoms with van der Waals surface area (Å²) >= 11 is 0. The third-order valence-corrected chi connectivity index (χ3v) is 4.75. The monoisotopic (exact) mass is 425 g/mol. The molecular weight excluding hydrogens is 396 g/mol. The van der Waals surface area contributed by atoms with Crippen LogP contribution in [0.5, 0.6) is 5.88 Å². The van der Waals surface area contributed by atoms with Gasteiger partial charge in [-0.1, -0.05) is 13.8 Å². The molecule has 0 aliphatic carbocycles. The van der Waals surface area contributed by atoms with Crippen LogP contribution in [-0.2, 0) is 0 Å². The summed E-state index contributed by atoms with van der Waals surface area (Å²) in [6.45, 7) is 7.07. The van der Waals surface area contributed by atoms with Crippen molar-refractivity contribution in [2.24, 2.45) is 0 Å². The second kappa shape index (κ2) is 11.0. The predicted octanol–water partition coefficient (Wildman–Crippen LogP) is 3.26. The van der Waals surface area contributed by atoms with Gasteiger partial charge >= 0.3 is 0 Å². The second-order valence-corrected chi connectivity index (χ2v) is 6.86. The maximum Gasteiger partial charge on any atom is 0.272 e. The fourth-order valence-electron chi connectivity index (χ4n) is 3.18. The molecule has 166 valence electrons. The van der Waals surface area contributed by atoms with Gasteiger partial charge in [-0.3, -0.25) is 4.79 Å². The molecule has 3 heterocycles. The van der Waals surface area contributed by atoms with Crippen LogP contribution in [0.3, 0.4) is 0 Å². The van der Waals surface area contributed by atoms with Crippen molar-refractivity contribution in [3.63, 3.8) is 0 Å². The largest absolute Gasteiger partial charge is 0.471 e. The van der Waals surface area contributed by atoms with E-state index in [-0.39, 0.29) is 29.4 Å². The summed E-state index contributed by atoms with van der Waals surface area (Å²) in [5.74, 6) is -0.437. The van der Waals surface area contributed by atoms with Gasteiger partial charge in [0, 0.05) is 18.8 Å². The number of carbonyl (C=O) groups excluding carboxylic acids is 1. The van der Waals surface area contributed by atoms with E-state index in [2.05, 4.69) is 15.2 Å². The summed E-state index contributed by atoms with van der Waals surface area (Å²) in [4.78, 5) is 20.2. The van der Waals surface area contributed by atoms with Crippen molar-refractivity contribution in [3.05, 3.63) is 35.8 Å². The van der Waals surface area contributed by atoms with Gasteiger partial charge in [-0.15, -0.1) is 0 Å². The van der Waals surface area contributed by atoms with Crippen molar-refractivity contribution in [2.45, 2.75) is 65.1 Å². The second-order valence-electron chi connectivity index (χ2n) is 6.86. The molecule has 0 radical (unpaired) electrons. The zero-order valence-electron chi connectivity index (χ0n) is 17.7. The average Bonchev–Trinajstić information content (AvgIpc) is 3.24. The zero-order valence-corrected chi connectivity index (χ0v) is 17.7. The molecule has 3 rings (SSSR count). The van der Waals surface area contributed by atoms with Crippen LogP contribution in [0.4, 0.5) is 8.78 Å². The Morgan fingerprint density at radius 1 is 1.37 bits per heavy atom. The number of hydrogen-bond donors (Lipinski definition) is 1. The molecular formula is C20H29F2N5O3.